The fraction of sp³-hybridized carbons (Fsp3) is 0. The molecule has 0 amide bonds. The second-order valence-corrected chi connectivity index (χ2v) is 6.15. The number of halogens is 1. The molecule has 26 heavy (non-hydrogen) atoms. The van der Waals surface area contributed by atoms with Crippen LogP contribution in [0.15, 0.2) is 84.9 Å². The highest BCUT2D eigenvalue weighted by Crippen LogP contribution is 2.26. The lowest BCUT2D eigenvalue weighted by Gasteiger charge is -2.09. The van der Waals surface area contributed by atoms with Gasteiger partial charge in [-0.05, 0) is 57.5 Å². The zero-order valence-electron chi connectivity index (χ0n) is 13.8. The number of hydrogen-bond acceptors (Lipinski definition) is 3. The van der Waals surface area contributed by atoms with E-state index in [0.29, 0.717) is 10.8 Å². The van der Waals surface area contributed by atoms with Crippen molar-refractivity contribution < 1.29 is 0 Å². The van der Waals surface area contributed by atoms with Gasteiger partial charge in [0.25, 0.3) is 0 Å². The molecule has 0 atom stereocenters. The van der Waals surface area contributed by atoms with Crippen LogP contribution in [-0.4, -0.2) is 20.2 Å². The van der Waals surface area contributed by atoms with E-state index in [1.165, 1.54) is 0 Å². The van der Waals surface area contributed by atoms with Crippen LogP contribution in [0.2, 0.25) is 5.02 Å². The van der Waals surface area contributed by atoms with Gasteiger partial charge in [-0.15, -0.1) is 5.10 Å². The maximum atomic E-state index is 5.98. The van der Waals surface area contributed by atoms with Crippen LogP contribution in [0.5, 0.6) is 0 Å². The minimum Gasteiger partial charge on any atom is -0.193 e. The van der Waals surface area contributed by atoms with Crippen molar-refractivity contribution >= 4 is 23.3 Å². The van der Waals surface area contributed by atoms with Crippen LogP contribution in [0.25, 0.3) is 17.3 Å². The van der Waals surface area contributed by atoms with Crippen molar-refractivity contribution in [2.45, 2.75) is 0 Å². The zero-order valence-corrected chi connectivity index (χ0v) is 14.6. The maximum absolute atomic E-state index is 5.98. The van der Waals surface area contributed by atoms with Crippen LogP contribution < -0.4 is 0 Å². The first-order chi connectivity index (χ1) is 12.8. The van der Waals surface area contributed by atoms with Crippen LogP contribution in [0.3, 0.4) is 0 Å². The van der Waals surface area contributed by atoms with Crippen molar-refractivity contribution in [3.8, 4) is 5.69 Å². The summed E-state index contributed by atoms with van der Waals surface area (Å²) < 4.78 is 1.70. The van der Waals surface area contributed by atoms with Crippen molar-refractivity contribution in [1.29, 1.82) is 0 Å². The van der Waals surface area contributed by atoms with Crippen LogP contribution in [0.4, 0.5) is 0 Å². The van der Waals surface area contributed by atoms with Crippen LogP contribution in [-0.2, 0) is 0 Å². The fourth-order valence-electron chi connectivity index (χ4n) is 2.75. The Kier molecular flexibility index (Phi) is 4.58. The predicted octanol–water partition coefficient (Wildman–Crippen LogP) is 4.90. The third-order valence-electron chi connectivity index (χ3n) is 4.01. The molecule has 1 aromatic heterocycles. The first-order valence-electron chi connectivity index (χ1n) is 8.18. The molecular weight excluding hydrogens is 344 g/mol. The van der Waals surface area contributed by atoms with Gasteiger partial charge in [0.2, 0.25) is 0 Å². The molecule has 0 aliphatic carbocycles. The van der Waals surface area contributed by atoms with E-state index < -0.39 is 0 Å². The van der Waals surface area contributed by atoms with Crippen molar-refractivity contribution in [1.82, 2.24) is 20.2 Å². The quantitative estimate of drug-likeness (QED) is 0.521. The number of rotatable bonds is 4. The Morgan fingerprint density at radius 1 is 0.769 bits per heavy atom. The minimum atomic E-state index is 0.648. The third-order valence-corrected chi connectivity index (χ3v) is 4.26. The molecule has 0 N–H and O–H groups in total. The lowest BCUT2D eigenvalue weighted by Crippen LogP contribution is -2.00. The van der Waals surface area contributed by atoms with E-state index in [4.69, 9.17) is 11.6 Å². The number of aromatic nitrogens is 4. The molecule has 3 aromatic carbocycles. The number of nitrogens with zero attached hydrogens (tertiary/aromatic N) is 4. The van der Waals surface area contributed by atoms with Gasteiger partial charge in [-0.2, -0.15) is 4.68 Å². The summed E-state index contributed by atoms with van der Waals surface area (Å²) in [5, 5.41) is 12.8. The molecule has 0 bridgehead atoms. The molecule has 0 fully saturated rings. The predicted molar refractivity (Wildman–Crippen MR) is 104 cm³/mol. The molecule has 0 aliphatic heterocycles. The first-order valence-corrected chi connectivity index (χ1v) is 8.56. The average Bonchev–Trinajstić information content (AvgIpc) is 3.16. The highest BCUT2D eigenvalue weighted by molar-refractivity contribution is 6.30. The van der Waals surface area contributed by atoms with Gasteiger partial charge in [0.1, 0.15) is 0 Å². The van der Waals surface area contributed by atoms with Crippen LogP contribution in [0, 0.1) is 0 Å². The Labute approximate surface area is 156 Å². The molecule has 0 radical (unpaired) electrons. The molecule has 0 aliphatic rings. The molecule has 0 spiro atoms. The number of tetrazole rings is 1. The summed E-state index contributed by atoms with van der Waals surface area (Å²) in [6.07, 6.45) is 2.00. The van der Waals surface area contributed by atoms with Crippen molar-refractivity contribution in [3.05, 3.63) is 107 Å². The van der Waals surface area contributed by atoms with Crippen molar-refractivity contribution in [2.75, 3.05) is 0 Å². The molecule has 4 rings (SSSR count). The Morgan fingerprint density at radius 3 is 1.92 bits per heavy atom. The molecule has 0 saturated carbocycles. The van der Waals surface area contributed by atoms with E-state index in [1.54, 1.807) is 4.68 Å². The van der Waals surface area contributed by atoms with Gasteiger partial charge in [-0.1, -0.05) is 72.3 Å². The van der Waals surface area contributed by atoms with E-state index in [1.807, 2.05) is 66.7 Å². The summed E-state index contributed by atoms with van der Waals surface area (Å²) in [4.78, 5) is 0. The normalized spacial score (nSPS) is 10.5. The summed E-state index contributed by atoms with van der Waals surface area (Å²) in [5.74, 6) is 0.648. The molecule has 0 saturated heterocycles. The van der Waals surface area contributed by atoms with Gasteiger partial charge in [-0.25, -0.2) is 0 Å². The van der Waals surface area contributed by atoms with Crippen LogP contribution >= 0.6 is 11.6 Å². The standard InChI is InChI=1S/C21H15ClN4/c22-18-11-13-19(14-12-18)26-21(23-24-25-26)15-20(16-7-3-1-4-8-16)17-9-5-2-6-10-17/h1-15H. The summed E-state index contributed by atoms with van der Waals surface area (Å²) in [5.41, 5.74) is 4.11. The van der Waals surface area contributed by atoms with E-state index in [-0.39, 0.29) is 0 Å². The highest BCUT2D eigenvalue weighted by Gasteiger charge is 2.10. The van der Waals surface area contributed by atoms with Gasteiger partial charge < -0.3 is 0 Å². The Morgan fingerprint density at radius 2 is 1.35 bits per heavy atom. The van der Waals surface area contributed by atoms with E-state index in [2.05, 4.69) is 39.8 Å². The first kappa shape index (κ1) is 16.2. The monoisotopic (exact) mass is 358 g/mol. The van der Waals surface area contributed by atoms with Crippen molar-refractivity contribution in [3.63, 3.8) is 0 Å². The molecule has 1 heterocycles. The number of benzene rings is 3. The largest absolute Gasteiger partial charge is 0.193 e. The van der Waals surface area contributed by atoms with Gasteiger partial charge in [0.05, 0.1) is 5.69 Å². The SMILES string of the molecule is Clc1ccc(-n2nnnc2C=C(c2ccccc2)c2ccccc2)cc1. The minimum absolute atomic E-state index is 0.648. The van der Waals surface area contributed by atoms with E-state index in [9.17, 15) is 0 Å². The second-order valence-electron chi connectivity index (χ2n) is 5.72. The molecular formula is C21H15ClN4. The Balaban J connectivity index is 1.84. The Hall–Kier alpha value is -3.24. The van der Waals surface area contributed by atoms with E-state index >= 15 is 0 Å². The zero-order chi connectivity index (χ0) is 17.8. The second kappa shape index (κ2) is 7.33. The average molecular weight is 359 g/mol. The molecule has 126 valence electrons. The van der Waals surface area contributed by atoms with Gasteiger partial charge >= 0.3 is 0 Å². The van der Waals surface area contributed by atoms with Gasteiger partial charge in [0, 0.05) is 5.02 Å². The van der Waals surface area contributed by atoms with Crippen molar-refractivity contribution in [2.24, 2.45) is 0 Å². The molecule has 4 aromatic rings. The van der Waals surface area contributed by atoms with E-state index in [0.717, 1.165) is 22.4 Å². The molecule has 0 unspecified atom stereocenters. The highest BCUT2D eigenvalue weighted by atomic mass is 35.5. The summed E-state index contributed by atoms with van der Waals surface area (Å²) in [6, 6.07) is 27.8. The lowest BCUT2D eigenvalue weighted by molar-refractivity contribution is 0.787. The maximum Gasteiger partial charge on any atom is 0.180 e. The van der Waals surface area contributed by atoms with Gasteiger partial charge in [-0.3, -0.25) is 0 Å². The lowest BCUT2D eigenvalue weighted by atomic mass is 9.97. The third kappa shape index (κ3) is 3.41. The Bertz CT molecular complexity index is 981. The molecule has 4 nitrogen and oxygen atoms in total. The van der Waals surface area contributed by atoms with Gasteiger partial charge in [0.15, 0.2) is 5.82 Å². The fourth-order valence-corrected chi connectivity index (χ4v) is 2.87. The summed E-state index contributed by atoms with van der Waals surface area (Å²) in [6.45, 7) is 0. The molecule has 5 heteroatoms. The summed E-state index contributed by atoms with van der Waals surface area (Å²) in [7, 11) is 0. The summed E-state index contributed by atoms with van der Waals surface area (Å²) >= 11 is 5.98. The van der Waals surface area contributed by atoms with Crippen LogP contribution in [0.1, 0.15) is 17.0 Å². The smallest absolute Gasteiger partial charge is 0.180 e. The topological polar surface area (TPSA) is 43.6 Å². The number of hydrogen-bond donors (Lipinski definition) is 0.